The summed E-state index contributed by atoms with van der Waals surface area (Å²) in [5, 5.41) is 16.2. The number of nitrogens with one attached hydrogen (secondary N) is 1. The van der Waals surface area contributed by atoms with E-state index in [0.29, 0.717) is 15.7 Å². The van der Waals surface area contributed by atoms with Crippen LogP contribution in [0, 0.1) is 5.92 Å². The molecule has 2 aliphatic rings. The molecule has 0 bridgehead atoms. The summed E-state index contributed by atoms with van der Waals surface area (Å²) >= 11 is 12.5. The van der Waals surface area contributed by atoms with Gasteiger partial charge >= 0.3 is 0 Å². The van der Waals surface area contributed by atoms with Gasteiger partial charge in [0.2, 0.25) is 0 Å². The number of carboxylic acids is 1. The number of hydrogen-bond donors (Lipinski definition) is 1. The van der Waals surface area contributed by atoms with Gasteiger partial charge in [0.05, 0.1) is 22.7 Å². The van der Waals surface area contributed by atoms with Crippen molar-refractivity contribution in [2.24, 2.45) is 5.92 Å². The predicted molar refractivity (Wildman–Crippen MR) is 93.6 cm³/mol. The first kappa shape index (κ1) is 15.6. The van der Waals surface area contributed by atoms with Crippen LogP contribution in [0.3, 0.4) is 0 Å². The third-order valence-electron chi connectivity index (χ3n) is 4.90. The highest BCUT2D eigenvalue weighted by molar-refractivity contribution is 6.33. The Balaban J connectivity index is 1.88. The van der Waals surface area contributed by atoms with Gasteiger partial charge in [-0.25, -0.2) is 0 Å². The molecule has 0 spiro atoms. The molecule has 1 N–H and O–H groups in total. The van der Waals surface area contributed by atoms with E-state index in [2.05, 4.69) is 17.5 Å². The Morgan fingerprint density at radius 3 is 2.79 bits per heavy atom. The Hall–Kier alpha value is -1.97. The van der Waals surface area contributed by atoms with Crippen LogP contribution in [0.2, 0.25) is 10.0 Å². The van der Waals surface area contributed by atoms with Gasteiger partial charge in [0.25, 0.3) is 0 Å². The standard InChI is InChI=1S/C19H15Cl2NO2/c20-11-4-1-3-10(9-11)17-13-6-2-5-12(13)16-14(19(23)24)7-8-15(21)18(16)22-17/h1-5,7-9,12-13,17,22H,6H2,(H,23,24)/p-1/t12-,13+,17+/m1/s1. The van der Waals surface area contributed by atoms with E-state index in [1.807, 2.05) is 24.3 Å². The number of anilines is 1. The Kier molecular flexibility index (Phi) is 3.78. The van der Waals surface area contributed by atoms with Gasteiger partial charge in [-0.3, -0.25) is 0 Å². The van der Waals surface area contributed by atoms with E-state index in [-0.39, 0.29) is 23.4 Å². The second-order valence-corrected chi connectivity index (χ2v) is 7.05. The van der Waals surface area contributed by atoms with Gasteiger partial charge in [0.1, 0.15) is 0 Å². The molecule has 4 rings (SSSR count). The molecule has 2 aromatic rings. The molecular weight excluding hydrogens is 345 g/mol. The number of carbonyl (C=O) groups excluding carboxylic acids is 1. The molecule has 1 aliphatic carbocycles. The van der Waals surface area contributed by atoms with Crippen LogP contribution >= 0.6 is 23.2 Å². The highest BCUT2D eigenvalue weighted by Crippen LogP contribution is 2.52. The van der Waals surface area contributed by atoms with Crippen LogP contribution < -0.4 is 10.4 Å². The molecule has 0 aromatic heterocycles. The first-order valence-corrected chi connectivity index (χ1v) is 8.54. The number of aromatic carboxylic acids is 1. The minimum absolute atomic E-state index is 0.00293. The maximum absolute atomic E-state index is 11.5. The maximum Gasteiger partial charge on any atom is 0.0719 e. The second-order valence-electron chi connectivity index (χ2n) is 6.20. The zero-order valence-corrected chi connectivity index (χ0v) is 14.1. The van der Waals surface area contributed by atoms with Crippen molar-refractivity contribution in [3.8, 4) is 0 Å². The molecule has 0 saturated heterocycles. The van der Waals surface area contributed by atoms with E-state index in [1.165, 1.54) is 6.07 Å². The summed E-state index contributed by atoms with van der Waals surface area (Å²) in [4.78, 5) is 11.5. The quantitative estimate of drug-likeness (QED) is 0.819. The normalized spacial score (nSPS) is 24.2. The van der Waals surface area contributed by atoms with Crippen molar-refractivity contribution in [3.05, 3.63) is 75.3 Å². The average molecular weight is 359 g/mol. The number of hydrogen-bond acceptors (Lipinski definition) is 3. The molecule has 1 aliphatic heterocycles. The van der Waals surface area contributed by atoms with E-state index < -0.39 is 5.97 Å². The molecule has 2 aromatic carbocycles. The predicted octanol–water partition coefficient (Wildman–Crippen LogP) is 4.18. The Morgan fingerprint density at radius 2 is 2.04 bits per heavy atom. The second kappa shape index (κ2) is 5.83. The van der Waals surface area contributed by atoms with Gasteiger partial charge in [-0.1, -0.05) is 53.6 Å². The van der Waals surface area contributed by atoms with Crippen molar-refractivity contribution in [2.75, 3.05) is 5.32 Å². The minimum atomic E-state index is -1.18. The molecule has 0 radical (unpaired) electrons. The summed E-state index contributed by atoms with van der Waals surface area (Å²) in [6, 6.07) is 10.9. The van der Waals surface area contributed by atoms with E-state index in [4.69, 9.17) is 23.2 Å². The highest BCUT2D eigenvalue weighted by Gasteiger charge is 2.40. The lowest BCUT2D eigenvalue weighted by Crippen LogP contribution is -2.33. The Labute approximate surface area is 149 Å². The van der Waals surface area contributed by atoms with E-state index in [1.54, 1.807) is 6.07 Å². The molecule has 24 heavy (non-hydrogen) atoms. The molecule has 0 amide bonds. The van der Waals surface area contributed by atoms with Crippen molar-refractivity contribution in [1.29, 1.82) is 0 Å². The van der Waals surface area contributed by atoms with Crippen LogP contribution in [-0.2, 0) is 0 Å². The monoisotopic (exact) mass is 358 g/mol. The van der Waals surface area contributed by atoms with E-state index in [0.717, 1.165) is 17.5 Å². The fraction of sp³-hybridized carbons (Fsp3) is 0.211. The van der Waals surface area contributed by atoms with Crippen LogP contribution in [0.1, 0.15) is 39.9 Å². The first-order valence-electron chi connectivity index (χ1n) is 7.78. The Morgan fingerprint density at radius 1 is 1.21 bits per heavy atom. The fourth-order valence-corrected chi connectivity index (χ4v) is 4.30. The lowest BCUT2D eigenvalue weighted by atomic mass is 9.75. The Bertz CT molecular complexity index is 862. The smallest absolute Gasteiger partial charge is 0.0719 e. The van der Waals surface area contributed by atoms with Gasteiger partial charge < -0.3 is 15.2 Å². The number of benzene rings is 2. The van der Waals surface area contributed by atoms with Crippen molar-refractivity contribution >= 4 is 34.9 Å². The van der Waals surface area contributed by atoms with Crippen molar-refractivity contribution in [3.63, 3.8) is 0 Å². The molecule has 5 heteroatoms. The third-order valence-corrected chi connectivity index (χ3v) is 5.45. The number of carboxylic acid groups (broad SMARTS) is 1. The lowest BCUT2D eigenvalue weighted by molar-refractivity contribution is -0.255. The third kappa shape index (κ3) is 2.40. The topological polar surface area (TPSA) is 52.2 Å². The number of halogens is 2. The SMILES string of the molecule is O=C([O-])c1ccc(Cl)c2c1[C@@H]1C=CC[C@@H]1[C@H](c1cccc(Cl)c1)N2. The summed E-state index contributed by atoms with van der Waals surface area (Å²) in [7, 11) is 0. The van der Waals surface area contributed by atoms with Crippen molar-refractivity contribution in [1.82, 2.24) is 0 Å². The average Bonchev–Trinajstić information content (AvgIpc) is 3.04. The summed E-state index contributed by atoms with van der Waals surface area (Å²) in [6.45, 7) is 0. The van der Waals surface area contributed by atoms with E-state index >= 15 is 0 Å². The van der Waals surface area contributed by atoms with Gasteiger partial charge in [0, 0.05) is 16.5 Å². The highest BCUT2D eigenvalue weighted by atomic mass is 35.5. The van der Waals surface area contributed by atoms with Crippen LogP contribution in [-0.4, -0.2) is 5.97 Å². The number of fused-ring (bicyclic) bond motifs is 3. The van der Waals surface area contributed by atoms with Crippen LogP contribution in [0.4, 0.5) is 5.69 Å². The van der Waals surface area contributed by atoms with Gasteiger partial charge in [-0.2, -0.15) is 0 Å². The molecular formula is C19H14Cl2NO2-. The van der Waals surface area contributed by atoms with Crippen molar-refractivity contribution in [2.45, 2.75) is 18.4 Å². The van der Waals surface area contributed by atoms with Crippen LogP contribution in [0.5, 0.6) is 0 Å². The molecule has 3 nitrogen and oxygen atoms in total. The van der Waals surface area contributed by atoms with Crippen LogP contribution in [0.25, 0.3) is 0 Å². The lowest BCUT2D eigenvalue weighted by Gasteiger charge is -2.39. The zero-order valence-electron chi connectivity index (χ0n) is 12.6. The summed E-state index contributed by atoms with van der Waals surface area (Å²) < 4.78 is 0. The van der Waals surface area contributed by atoms with Gasteiger partial charge in [0.15, 0.2) is 0 Å². The maximum atomic E-state index is 11.5. The molecule has 0 unspecified atom stereocenters. The number of rotatable bonds is 2. The minimum Gasteiger partial charge on any atom is -0.545 e. The largest absolute Gasteiger partial charge is 0.545 e. The van der Waals surface area contributed by atoms with Gasteiger partial charge in [-0.05, 0) is 41.7 Å². The number of allylic oxidation sites excluding steroid dienone is 2. The number of carbonyl (C=O) groups is 1. The molecule has 3 atom stereocenters. The molecule has 1 heterocycles. The molecule has 0 saturated carbocycles. The summed E-state index contributed by atoms with van der Waals surface area (Å²) in [5.41, 5.74) is 2.67. The van der Waals surface area contributed by atoms with Crippen LogP contribution in [0.15, 0.2) is 48.6 Å². The summed E-state index contributed by atoms with van der Waals surface area (Å²) in [6.07, 6.45) is 5.04. The fourth-order valence-electron chi connectivity index (χ4n) is 3.88. The van der Waals surface area contributed by atoms with Gasteiger partial charge in [-0.15, -0.1) is 0 Å². The summed E-state index contributed by atoms with van der Waals surface area (Å²) in [5.74, 6) is -0.964. The first-order chi connectivity index (χ1) is 11.6. The zero-order chi connectivity index (χ0) is 16.8. The molecule has 0 fully saturated rings. The van der Waals surface area contributed by atoms with Crippen molar-refractivity contribution < 1.29 is 9.90 Å². The van der Waals surface area contributed by atoms with E-state index in [9.17, 15) is 9.90 Å². The molecule has 122 valence electrons.